The molecule has 0 radical (unpaired) electrons. The lowest BCUT2D eigenvalue weighted by Gasteiger charge is -2.48. The third-order valence-electron chi connectivity index (χ3n) is 7.07. The molecule has 4 rings (SSSR count). The minimum absolute atomic E-state index is 0.150. The van der Waals surface area contributed by atoms with Gasteiger partial charge in [0.1, 0.15) is 0 Å². The molecule has 0 saturated heterocycles. The highest BCUT2D eigenvalue weighted by Gasteiger charge is 2.55. The molecule has 4 aromatic carbocycles. The molecular formula is C30H36N2OSi2. The van der Waals surface area contributed by atoms with Crippen molar-refractivity contribution in [2.75, 3.05) is 0 Å². The quantitative estimate of drug-likeness (QED) is 0.262. The van der Waals surface area contributed by atoms with E-state index >= 15 is 0 Å². The van der Waals surface area contributed by atoms with E-state index in [1.54, 1.807) is 0 Å². The highest BCUT2D eigenvalue weighted by Crippen LogP contribution is 2.24. The fourth-order valence-electron chi connectivity index (χ4n) is 5.17. The zero-order chi connectivity index (χ0) is 24.7. The first-order valence-electron chi connectivity index (χ1n) is 12.5. The van der Waals surface area contributed by atoms with Gasteiger partial charge in [-0.3, -0.25) is 0 Å². The van der Waals surface area contributed by atoms with Gasteiger partial charge in [-0.25, -0.2) is 0 Å². The molecule has 0 heterocycles. The molecule has 4 N–H and O–H groups in total. The second-order valence-electron chi connectivity index (χ2n) is 9.07. The van der Waals surface area contributed by atoms with E-state index in [1.165, 1.54) is 20.7 Å². The van der Waals surface area contributed by atoms with Crippen molar-refractivity contribution in [2.24, 2.45) is 11.5 Å². The molecule has 0 aliphatic carbocycles. The molecule has 0 aliphatic heterocycles. The minimum atomic E-state index is -3.00. The molecule has 2 unspecified atom stereocenters. The van der Waals surface area contributed by atoms with Crippen LogP contribution in [0.4, 0.5) is 0 Å². The Morgan fingerprint density at radius 3 is 1.09 bits per heavy atom. The maximum absolute atomic E-state index is 7.90. The average Bonchev–Trinajstić information content (AvgIpc) is 2.95. The minimum Gasteiger partial charge on any atom is -0.440 e. The van der Waals surface area contributed by atoms with Crippen molar-refractivity contribution >= 4 is 37.4 Å². The molecule has 0 spiro atoms. The number of nitrogens with two attached hydrogens (primary N) is 2. The second-order valence-corrected chi connectivity index (χ2v) is 16.6. The maximum atomic E-state index is 7.90. The zero-order valence-corrected chi connectivity index (χ0v) is 22.7. The van der Waals surface area contributed by atoms with Crippen LogP contribution in [-0.4, -0.2) is 28.0 Å². The van der Waals surface area contributed by atoms with E-state index in [0.717, 1.165) is 12.8 Å². The van der Waals surface area contributed by atoms with Gasteiger partial charge in [0.2, 0.25) is 8.32 Å². The van der Waals surface area contributed by atoms with Crippen LogP contribution in [0.1, 0.15) is 26.7 Å². The summed E-state index contributed by atoms with van der Waals surface area (Å²) in [5.41, 5.74) is 13.9. The van der Waals surface area contributed by atoms with E-state index in [-0.39, 0.29) is 11.3 Å². The highest BCUT2D eigenvalue weighted by molar-refractivity contribution is 7.12. The Bertz CT molecular complexity index is 1070. The smallest absolute Gasteiger partial charge is 0.278 e. The van der Waals surface area contributed by atoms with Crippen LogP contribution in [0.2, 0.25) is 0 Å². The Morgan fingerprint density at radius 1 is 0.514 bits per heavy atom. The van der Waals surface area contributed by atoms with Gasteiger partial charge in [-0.15, -0.1) is 0 Å². The van der Waals surface area contributed by atoms with Crippen LogP contribution in [0, 0.1) is 0 Å². The molecule has 5 heteroatoms. The predicted octanol–water partition coefficient (Wildman–Crippen LogP) is 3.08. The van der Waals surface area contributed by atoms with Gasteiger partial charge in [-0.05, 0) is 33.6 Å². The lowest BCUT2D eigenvalue weighted by atomic mass is 10.3. The SMILES string of the molecule is CCC(N)[Si](O[Si](c1ccccc1)(c1ccccc1)c1ccccc1)(c1ccccc1)C(N)CC. The molecule has 0 saturated carbocycles. The first kappa shape index (κ1) is 25.3. The summed E-state index contributed by atoms with van der Waals surface area (Å²) < 4.78 is 7.90. The highest BCUT2D eigenvalue weighted by atomic mass is 28.4. The molecule has 180 valence electrons. The van der Waals surface area contributed by atoms with Crippen molar-refractivity contribution in [2.45, 2.75) is 38.0 Å². The van der Waals surface area contributed by atoms with Gasteiger partial charge < -0.3 is 15.6 Å². The van der Waals surface area contributed by atoms with Crippen molar-refractivity contribution in [3.8, 4) is 0 Å². The van der Waals surface area contributed by atoms with Gasteiger partial charge in [-0.2, -0.15) is 0 Å². The topological polar surface area (TPSA) is 61.3 Å². The van der Waals surface area contributed by atoms with Crippen molar-refractivity contribution in [3.63, 3.8) is 0 Å². The molecule has 4 aromatic rings. The average molecular weight is 497 g/mol. The predicted molar refractivity (Wildman–Crippen MR) is 153 cm³/mol. The number of benzene rings is 4. The standard InChI is InChI=1S/C30H36N2OSi2/c1-3-29(31)35(30(32)4-2,28-23-15-8-16-24-28)33-34(25-17-9-5-10-18-25,26-19-11-6-12-20-26)27-21-13-7-14-22-27/h5-24,29-30H,3-4,31-32H2,1-2H3. The van der Waals surface area contributed by atoms with Crippen LogP contribution in [0.3, 0.4) is 0 Å². The summed E-state index contributed by atoms with van der Waals surface area (Å²) in [4.78, 5) is 0. The van der Waals surface area contributed by atoms with Crippen LogP contribution >= 0.6 is 0 Å². The summed E-state index contributed by atoms with van der Waals surface area (Å²) in [5.74, 6) is 0. The van der Waals surface area contributed by atoms with E-state index in [0.29, 0.717) is 0 Å². The molecular weight excluding hydrogens is 461 g/mol. The summed E-state index contributed by atoms with van der Waals surface area (Å²) in [6.45, 7) is 4.30. The third kappa shape index (κ3) is 4.70. The normalized spacial score (nSPS) is 15.2. The van der Waals surface area contributed by atoms with Gasteiger partial charge >= 0.3 is 0 Å². The lowest BCUT2D eigenvalue weighted by Crippen LogP contribution is -2.82. The summed E-state index contributed by atoms with van der Waals surface area (Å²) in [7, 11) is -5.94. The van der Waals surface area contributed by atoms with Gasteiger partial charge in [0, 0.05) is 11.3 Å². The number of hydrogen-bond donors (Lipinski definition) is 2. The molecule has 0 fully saturated rings. The van der Waals surface area contributed by atoms with Crippen molar-refractivity contribution in [3.05, 3.63) is 121 Å². The Hall–Kier alpha value is -2.81. The first-order valence-corrected chi connectivity index (χ1v) is 16.5. The molecule has 2 atom stereocenters. The number of hydrogen-bond acceptors (Lipinski definition) is 3. The van der Waals surface area contributed by atoms with E-state index in [2.05, 4.69) is 129 Å². The van der Waals surface area contributed by atoms with Crippen LogP contribution < -0.4 is 32.2 Å². The van der Waals surface area contributed by atoms with Gasteiger partial charge in [0.05, 0.1) is 0 Å². The van der Waals surface area contributed by atoms with E-state index in [4.69, 9.17) is 15.6 Å². The maximum Gasteiger partial charge on any atom is 0.278 e. The van der Waals surface area contributed by atoms with Gasteiger partial charge in [0.25, 0.3) is 8.32 Å². The Morgan fingerprint density at radius 2 is 0.800 bits per heavy atom. The van der Waals surface area contributed by atoms with E-state index in [1.807, 2.05) is 6.07 Å². The first-order chi connectivity index (χ1) is 17.1. The summed E-state index contributed by atoms with van der Waals surface area (Å²) >= 11 is 0. The van der Waals surface area contributed by atoms with Gasteiger partial charge in [0.15, 0.2) is 0 Å². The Balaban J connectivity index is 2.10. The Kier molecular flexibility index (Phi) is 8.16. The molecule has 3 nitrogen and oxygen atoms in total. The second kappa shape index (κ2) is 11.3. The van der Waals surface area contributed by atoms with Crippen molar-refractivity contribution in [1.82, 2.24) is 0 Å². The number of rotatable bonds is 10. The molecule has 0 amide bonds. The Labute approximate surface area is 212 Å². The van der Waals surface area contributed by atoms with Crippen molar-refractivity contribution in [1.29, 1.82) is 0 Å². The van der Waals surface area contributed by atoms with E-state index < -0.39 is 16.6 Å². The fourth-order valence-corrected chi connectivity index (χ4v) is 16.6. The van der Waals surface area contributed by atoms with Crippen LogP contribution in [0.15, 0.2) is 121 Å². The van der Waals surface area contributed by atoms with Crippen LogP contribution in [-0.2, 0) is 4.12 Å². The largest absolute Gasteiger partial charge is 0.440 e. The van der Waals surface area contributed by atoms with Crippen LogP contribution in [0.5, 0.6) is 0 Å². The van der Waals surface area contributed by atoms with Crippen molar-refractivity contribution < 1.29 is 4.12 Å². The van der Waals surface area contributed by atoms with E-state index in [9.17, 15) is 0 Å². The lowest BCUT2D eigenvalue weighted by molar-refractivity contribution is 0.506. The molecule has 0 aliphatic rings. The monoisotopic (exact) mass is 496 g/mol. The van der Waals surface area contributed by atoms with Crippen LogP contribution in [0.25, 0.3) is 0 Å². The summed E-state index contributed by atoms with van der Waals surface area (Å²) in [6.07, 6.45) is 1.61. The summed E-state index contributed by atoms with van der Waals surface area (Å²) in [5, 5.41) is 4.79. The van der Waals surface area contributed by atoms with Gasteiger partial charge in [-0.1, -0.05) is 135 Å². The third-order valence-corrected chi connectivity index (χ3v) is 17.3. The zero-order valence-electron chi connectivity index (χ0n) is 20.7. The molecule has 0 aromatic heterocycles. The molecule has 0 bridgehead atoms. The molecule has 35 heavy (non-hydrogen) atoms. The fraction of sp³-hybridized carbons (Fsp3) is 0.200. The summed E-state index contributed by atoms with van der Waals surface area (Å²) in [6, 6.07) is 42.7.